The maximum absolute atomic E-state index is 12.7. The van der Waals surface area contributed by atoms with Crippen LogP contribution >= 0.6 is 0 Å². The van der Waals surface area contributed by atoms with Crippen LogP contribution < -0.4 is 21.7 Å². The zero-order chi connectivity index (χ0) is 23.7. The summed E-state index contributed by atoms with van der Waals surface area (Å²) in [6, 6.07) is -4.56. The Morgan fingerprint density at radius 3 is 2.10 bits per heavy atom. The quantitative estimate of drug-likeness (QED) is 0.199. The van der Waals surface area contributed by atoms with Crippen molar-refractivity contribution >= 4 is 23.7 Å². The van der Waals surface area contributed by atoms with E-state index in [1.54, 1.807) is 0 Å². The van der Waals surface area contributed by atoms with E-state index in [0.29, 0.717) is 5.69 Å². The average Bonchev–Trinajstić information content (AvgIpc) is 3.16. The molecule has 0 fully saturated rings. The Morgan fingerprint density at radius 1 is 1.03 bits per heavy atom. The maximum Gasteiger partial charge on any atom is 0.326 e. The Kier molecular flexibility index (Phi) is 10.1. The molecule has 1 rings (SSSR count). The zero-order valence-electron chi connectivity index (χ0n) is 18.1. The monoisotopic (exact) mass is 440 g/mol. The number of nitrogens with two attached hydrogens (primary N) is 1. The smallest absolute Gasteiger partial charge is 0.326 e. The number of imidazole rings is 1. The molecule has 8 N–H and O–H groups in total. The first kappa shape index (κ1) is 26.0. The lowest BCUT2D eigenvalue weighted by molar-refractivity contribution is -0.143. The van der Waals surface area contributed by atoms with Crippen molar-refractivity contribution in [3.63, 3.8) is 0 Å². The van der Waals surface area contributed by atoms with Crippen molar-refractivity contribution in [1.29, 1.82) is 0 Å². The molecule has 12 heteroatoms. The molecule has 0 radical (unpaired) electrons. The molecular weight excluding hydrogens is 408 g/mol. The van der Waals surface area contributed by atoms with Crippen LogP contribution in [0.4, 0.5) is 0 Å². The second kappa shape index (κ2) is 12.0. The van der Waals surface area contributed by atoms with Gasteiger partial charge in [0.15, 0.2) is 0 Å². The number of carboxylic acid groups (broad SMARTS) is 1. The number of aromatic nitrogens is 2. The molecule has 1 heterocycles. The number of rotatable bonds is 12. The van der Waals surface area contributed by atoms with Crippen molar-refractivity contribution < 1.29 is 29.4 Å². The van der Waals surface area contributed by atoms with E-state index >= 15 is 0 Å². The third-order valence-corrected chi connectivity index (χ3v) is 4.41. The highest BCUT2D eigenvalue weighted by atomic mass is 16.4. The fourth-order valence-corrected chi connectivity index (χ4v) is 2.74. The fourth-order valence-electron chi connectivity index (χ4n) is 2.74. The lowest BCUT2D eigenvalue weighted by Gasteiger charge is -2.27. The first-order valence-corrected chi connectivity index (χ1v) is 9.97. The van der Waals surface area contributed by atoms with Crippen LogP contribution in [0.5, 0.6) is 0 Å². The van der Waals surface area contributed by atoms with Crippen LogP contribution in [-0.4, -0.2) is 74.1 Å². The Bertz CT molecular complexity index is 749. The van der Waals surface area contributed by atoms with E-state index in [0.717, 1.165) is 0 Å². The summed E-state index contributed by atoms with van der Waals surface area (Å²) in [4.78, 5) is 55.4. The molecule has 0 saturated heterocycles. The number of nitrogens with one attached hydrogen (secondary N) is 4. The summed E-state index contributed by atoms with van der Waals surface area (Å²) >= 11 is 0. The van der Waals surface area contributed by atoms with Gasteiger partial charge in [-0.15, -0.1) is 0 Å². The number of hydrogen-bond acceptors (Lipinski definition) is 7. The number of aromatic amines is 1. The first-order chi connectivity index (χ1) is 14.4. The van der Waals surface area contributed by atoms with Crippen LogP contribution in [-0.2, 0) is 25.6 Å². The summed E-state index contributed by atoms with van der Waals surface area (Å²) in [5.41, 5.74) is 6.03. The second-order valence-corrected chi connectivity index (χ2v) is 7.89. The van der Waals surface area contributed by atoms with E-state index in [2.05, 4.69) is 25.9 Å². The van der Waals surface area contributed by atoms with Gasteiger partial charge in [0.2, 0.25) is 17.7 Å². The summed E-state index contributed by atoms with van der Waals surface area (Å²) in [7, 11) is 0. The highest BCUT2D eigenvalue weighted by Gasteiger charge is 2.32. The minimum absolute atomic E-state index is 0.0359. The molecule has 0 bridgehead atoms. The molecule has 3 amide bonds. The molecule has 0 spiro atoms. The number of aliphatic carboxylic acids is 1. The van der Waals surface area contributed by atoms with Gasteiger partial charge in [0.1, 0.15) is 18.1 Å². The summed E-state index contributed by atoms with van der Waals surface area (Å²) in [6.07, 6.45) is 1.68. The maximum atomic E-state index is 12.7. The standard InChI is InChI=1S/C19H32N6O6/c1-9(2)5-13(23-16(27)10(3)20)17(28)25-15(11(4)26)18(29)24-14(19(30)31)6-12-7-21-8-22-12/h7-11,13-15,26H,5-6,20H2,1-4H3,(H,21,22)(H,23,27)(H,24,29)(H,25,28)(H,30,31). The number of H-pyrrole nitrogens is 1. The van der Waals surface area contributed by atoms with E-state index in [1.165, 1.54) is 26.4 Å². The van der Waals surface area contributed by atoms with E-state index < -0.39 is 54.0 Å². The number of aliphatic hydroxyl groups excluding tert-OH is 1. The van der Waals surface area contributed by atoms with Crippen molar-refractivity contribution in [3.8, 4) is 0 Å². The summed E-state index contributed by atoms with van der Waals surface area (Å²) in [6.45, 7) is 6.46. The van der Waals surface area contributed by atoms with Gasteiger partial charge in [0, 0.05) is 18.3 Å². The van der Waals surface area contributed by atoms with Crippen molar-refractivity contribution in [2.24, 2.45) is 11.7 Å². The number of nitrogens with zero attached hydrogens (tertiary/aromatic N) is 1. The number of carbonyl (C=O) groups is 4. The topological polar surface area (TPSA) is 200 Å². The number of carboxylic acids is 1. The average molecular weight is 441 g/mol. The molecule has 0 aliphatic rings. The van der Waals surface area contributed by atoms with E-state index in [-0.39, 0.29) is 18.8 Å². The molecule has 31 heavy (non-hydrogen) atoms. The van der Waals surface area contributed by atoms with Gasteiger partial charge in [0.25, 0.3) is 0 Å². The molecular formula is C19H32N6O6. The van der Waals surface area contributed by atoms with E-state index in [9.17, 15) is 29.4 Å². The number of carbonyl (C=O) groups excluding carboxylic acids is 3. The van der Waals surface area contributed by atoms with Gasteiger partial charge in [-0.3, -0.25) is 14.4 Å². The van der Waals surface area contributed by atoms with E-state index in [1.807, 2.05) is 13.8 Å². The third kappa shape index (κ3) is 8.72. The van der Waals surface area contributed by atoms with Gasteiger partial charge in [0.05, 0.1) is 18.5 Å². The van der Waals surface area contributed by atoms with Crippen LogP contribution in [0, 0.1) is 5.92 Å². The normalized spacial score (nSPS) is 16.0. The number of aliphatic hydroxyl groups is 1. The SMILES string of the molecule is CC(C)CC(NC(=O)C(C)N)C(=O)NC(C(=O)NC(Cc1cnc[nH]1)C(=O)O)C(C)O. The summed E-state index contributed by atoms with van der Waals surface area (Å²) in [5.74, 6) is -3.36. The molecule has 12 nitrogen and oxygen atoms in total. The van der Waals surface area contributed by atoms with Crippen LogP contribution in [0.3, 0.4) is 0 Å². The largest absolute Gasteiger partial charge is 0.480 e. The lowest BCUT2D eigenvalue weighted by atomic mass is 10.0. The van der Waals surface area contributed by atoms with Crippen molar-refractivity contribution in [1.82, 2.24) is 25.9 Å². The molecule has 0 aliphatic carbocycles. The highest BCUT2D eigenvalue weighted by Crippen LogP contribution is 2.07. The predicted octanol–water partition coefficient (Wildman–Crippen LogP) is -1.73. The molecule has 1 aromatic heterocycles. The molecule has 0 aliphatic heterocycles. The molecule has 0 saturated carbocycles. The minimum atomic E-state index is -1.43. The van der Waals surface area contributed by atoms with Crippen molar-refractivity contribution in [2.75, 3.05) is 0 Å². The fraction of sp³-hybridized carbons (Fsp3) is 0.632. The molecule has 174 valence electrons. The Hall–Kier alpha value is -2.99. The summed E-state index contributed by atoms with van der Waals surface area (Å²) < 4.78 is 0. The van der Waals surface area contributed by atoms with Gasteiger partial charge in [-0.25, -0.2) is 9.78 Å². The molecule has 5 unspecified atom stereocenters. The van der Waals surface area contributed by atoms with Crippen molar-refractivity contribution in [2.45, 2.75) is 70.8 Å². The molecule has 1 aromatic rings. The van der Waals surface area contributed by atoms with E-state index in [4.69, 9.17) is 5.73 Å². The predicted molar refractivity (Wildman–Crippen MR) is 111 cm³/mol. The molecule has 5 atom stereocenters. The van der Waals surface area contributed by atoms with Crippen LogP contribution in [0.2, 0.25) is 0 Å². The third-order valence-electron chi connectivity index (χ3n) is 4.41. The van der Waals surface area contributed by atoms with Gasteiger partial charge in [-0.05, 0) is 26.2 Å². The number of amides is 3. The highest BCUT2D eigenvalue weighted by molar-refractivity contribution is 5.94. The van der Waals surface area contributed by atoms with Crippen LogP contribution in [0.15, 0.2) is 12.5 Å². The van der Waals surface area contributed by atoms with Crippen molar-refractivity contribution in [3.05, 3.63) is 18.2 Å². The first-order valence-electron chi connectivity index (χ1n) is 9.97. The van der Waals surface area contributed by atoms with Crippen LogP contribution in [0.25, 0.3) is 0 Å². The Balaban J connectivity index is 2.91. The summed E-state index contributed by atoms with van der Waals surface area (Å²) in [5, 5.41) is 26.7. The van der Waals surface area contributed by atoms with Gasteiger partial charge in [-0.1, -0.05) is 13.8 Å². The number of hydrogen-bond donors (Lipinski definition) is 7. The zero-order valence-corrected chi connectivity index (χ0v) is 18.1. The van der Waals surface area contributed by atoms with Crippen LogP contribution in [0.1, 0.15) is 39.8 Å². The Morgan fingerprint density at radius 2 is 1.65 bits per heavy atom. The second-order valence-electron chi connectivity index (χ2n) is 7.89. The van der Waals surface area contributed by atoms with Gasteiger partial charge < -0.3 is 36.9 Å². The minimum Gasteiger partial charge on any atom is -0.480 e. The Labute approximate surface area is 180 Å². The van der Waals surface area contributed by atoms with Gasteiger partial charge in [-0.2, -0.15) is 0 Å². The molecule has 0 aromatic carbocycles. The lowest BCUT2D eigenvalue weighted by Crippen LogP contribution is -2.60. The van der Waals surface area contributed by atoms with Gasteiger partial charge >= 0.3 is 5.97 Å².